The molecule has 0 spiro atoms. The van der Waals surface area contributed by atoms with E-state index in [0.29, 0.717) is 12.2 Å². The first-order valence-corrected chi connectivity index (χ1v) is 14.9. The molecule has 176 valence electrons. The topological polar surface area (TPSA) is 30.5 Å². The van der Waals surface area contributed by atoms with Gasteiger partial charge in [0, 0.05) is 6.04 Å². The highest BCUT2D eigenvalue weighted by molar-refractivity contribution is 7.45. The van der Waals surface area contributed by atoms with E-state index in [2.05, 4.69) is 42.3 Å². The quantitative estimate of drug-likeness (QED) is 0.472. The molecule has 4 saturated carbocycles. The van der Waals surface area contributed by atoms with E-state index in [9.17, 15) is 0 Å². The fourth-order valence-electron chi connectivity index (χ4n) is 8.51. The van der Waals surface area contributed by atoms with Crippen LogP contribution in [0.1, 0.15) is 95.6 Å². The van der Waals surface area contributed by atoms with Crippen molar-refractivity contribution < 1.29 is 9.05 Å². The van der Waals surface area contributed by atoms with Crippen LogP contribution in [0.4, 0.5) is 0 Å². The third kappa shape index (κ3) is 4.21. The van der Waals surface area contributed by atoms with Crippen molar-refractivity contribution in [2.75, 3.05) is 0 Å². The van der Waals surface area contributed by atoms with Crippen LogP contribution in [-0.2, 0) is 9.05 Å². The van der Waals surface area contributed by atoms with Gasteiger partial charge in [-0.05, 0) is 86.5 Å². The van der Waals surface area contributed by atoms with Crippen molar-refractivity contribution in [2.24, 2.45) is 35.5 Å². The Labute approximate surface area is 196 Å². The predicted octanol–water partition coefficient (Wildman–Crippen LogP) is 7.78. The van der Waals surface area contributed by atoms with Crippen molar-refractivity contribution in [2.45, 2.75) is 102 Å². The number of fused-ring (bicyclic) bond motifs is 7. The van der Waals surface area contributed by atoms with Gasteiger partial charge in [-0.15, -0.1) is 0 Å². The van der Waals surface area contributed by atoms with E-state index in [1.54, 1.807) is 0 Å². The molecule has 5 aliphatic rings. The van der Waals surface area contributed by atoms with Crippen LogP contribution >= 0.6 is 8.53 Å². The van der Waals surface area contributed by atoms with Gasteiger partial charge in [0.15, 0.2) is 0 Å². The third-order valence-electron chi connectivity index (χ3n) is 9.93. The Morgan fingerprint density at radius 1 is 0.719 bits per heavy atom. The molecule has 1 saturated heterocycles. The summed E-state index contributed by atoms with van der Waals surface area (Å²) in [5, 5.41) is 3.81. The maximum Gasteiger partial charge on any atom is 0.256 e. The second-order valence-corrected chi connectivity index (χ2v) is 12.7. The highest BCUT2D eigenvalue weighted by atomic mass is 31.2. The van der Waals surface area contributed by atoms with E-state index in [4.69, 9.17) is 9.05 Å². The highest BCUT2D eigenvalue weighted by Crippen LogP contribution is 2.61. The third-order valence-corrected chi connectivity index (χ3v) is 11.5. The molecule has 0 radical (unpaired) electrons. The van der Waals surface area contributed by atoms with Gasteiger partial charge < -0.3 is 9.05 Å². The number of benzene rings is 1. The molecule has 0 aromatic heterocycles. The minimum absolute atomic E-state index is 0.259. The van der Waals surface area contributed by atoms with Crippen molar-refractivity contribution >= 4 is 8.53 Å². The summed E-state index contributed by atoms with van der Waals surface area (Å²) in [6.07, 6.45) is 17.7. The molecule has 0 amide bonds. The number of hydrogen-bond acceptors (Lipinski definition) is 3. The number of rotatable bonds is 3. The van der Waals surface area contributed by atoms with Crippen molar-refractivity contribution in [1.29, 1.82) is 0 Å². The van der Waals surface area contributed by atoms with E-state index in [1.165, 1.54) is 82.6 Å². The Morgan fingerprint density at radius 2 is 1.25 bits per heavy atom. The Kier molecular flexibility index (Phi) is 6.64. The van der Waals surface area contributed by atoms with Crippen LogP contribution in [0.25, 0.3) is 0 Å². The maximum atomic E-state index is 6.96. The van der Waals surface area contributed by atoms with Gasteiger partial charge in [-0.1, -0.05) is 68.9 Å². The standard InChI is InChI=1S/C28H42NO2P/c1-19(20-9-3-2-4-10-20)29-32-30-25-17-15-21-11-5-7-13-23(21)27(25)28-24-14-8-6-12-22(24)16-18-26(28)31-32/h2-4,9-10,19,21-29H,5-8,11-18H2,1H3. The lowest BCUT2D eigenvalue weighted by Crippen LogP contribution is -2.51. The molecule has 1 N–H and O–H groups in total. The summed E-state index contributed by atoms with van der Waals surface area (Å²) in [6, 6.07) is 11.1. The lowest BCUT2D eigenvalue weighted by atomic mass is 9.53. The summed E-state index contributed by atoms with van der Waals surface area (Å²) < 4.78 is 13.9. The summed E-state index contributed by atoms with van der Waals surface area (Å²) in [5.74, 6) is 5.18. The van der Waals surface area contributed by atoms with Crippen molar-refractivity contribution in [3.05, 3.63) is 35.9 Å². The van der Waals surface area contributed by atoms with Crippen LogP contribution in [0, 0.1) is 35.5 Å². The van der Waals surface area contributed by atoms with E-state index in [-0.39, 0.29) is 6.04 Å². The van der Waals surface area contributed by atoms with Crippen LogP contribution in [0.3, 0.4) is 0 Å². The Balaban J connectivity index is 1.29. The van der Waals surface area contributed by atoms with Crippen LogP contribution in [0.5, 0.6) is 0 Å². The smallest absolute Gasteiger partial charge is 0.256 e. The van der Waals surface area contributed by atoms with Gasteiger partial charge in [0.05, 0.1) is 12.2 Å². The molecule has 1 aliphatic heterocycles. The van der Waals surface area contributed by atoms with Gasteiger partial charge >= 0.3 is 0 Å². The second-order valence-electron chi connectivity index (χ2n) is 11.5. The zero-order valence-electron chi connectivity index (χ0n) is 19.8. The first-order valence-electron chi connectivity index (χ1n) is 13.7. The monoisotopic (exact) mass is 455 g/mol. The van der Waals surface area contributed by atoms with E-state index >= 15 is 0 Å². The normalized spacial score (nSPS) is 44.8. The molecule has 32 heavy (non-hydrogen) atoms. The fourth-order valence-corrected chi connectivity index (χ4v) is 10.1. The summed E-state index contributed by atoms with van der Waals surface area (Å²) in [7, 11) is -1.05. The summed E-state index contributed by atoms with van der Waals surface area (Å²) in [4.78, 5) is 0. The molecule has 1 aromatic rings. The molecule has 5 fully saturated rings. The molecular formula is C28H42NO2P. The average Bonchev–Trinajstić information content (AvgIpc) is 3.01. The predicted molar refractivity (Wildman–Crippen MR) is 131 cm³/mol. The molecular weight excluding hydrogens is 413 g/mol. The summed E-state index contributed by atoms with van der Waals surface area (Å²) >= 11 is 0. The van der Waals surface area contributed by atoms with Crippen LogP contribution in [0.2, 0.25) is 0 Å². The first-order chi connectivity index (χ1) is 15.8. The second kappa shape index (κ2) is 9.65. The summed E-state index contributed by atoms with van der Waals surface area (Å²) in [5.41, 5.74) is 1.33. The Morgan fingerprint density at radius 3 is 1.81 bits per heavy atom. The largest absolute Gasteiger partial charge is 0.318 e. The maximum absolute atomic E-state index is 6.96. The number of hydrogen-bond donors (Lipinski definition) is 1. The van der Waals surface area contributed by atoms with Crippen LogP contribution in [0.15, 0.2) is 30.3 Å². The summed E-state index contributed by atoms with van der Waals surface area (Å²) in [6.45, 7) is 2.26. The molecule has 1 heterocycles. The van der Waals surface area contributed by atoms with Crippen LogP contribution < -0.4 is 5.09 Å². The van der Waals surface area contributed by atoms with Gasteiger partial charge in [0.25, 0.3) is 8.53 Å². The minimum atomic E-state index is -1.05. The first kappa shape index (κ1) is 22.0. The number of nitrogens with one attached hydrogen (secondary N) is 1. The van der Waals surface area contributed by atoms with Crippen molar-refractivity contribution in [3.63, 3.8) is 0 Å². The van der Waals surface area contributed by atoms with E-state index in [0.717, 1.165) is 35.5 Å². The lowest BCUT2D eigenvalue weighted by molar-refractivity contribution is -0.0856. The molecule has 4 heteroatoms. The molecule has 3 nitrogen and oxygen atoms in total. The van der Waals surface area contributed by atoms with Crippen molar-refractivity contribution in [3.8, 4) is 0 Å². The lowest BCUT2D eigenvalue weighted by Gasteiger charge is -2.53. The Bertz CT molecular complexity index is 719. The zero-order valence-corrected chi connectivity index (χ0v) is 20.7. The molecule has 4 aliphatic carbocycles. The SMILES string of the molecule is CC(NP1OC2CCC3CCCCC3C2C2C(CCC3CCCCC32)O1)c1ccccc1. The van der Waals surface area contributed by atoms with E-state index < -0.39 is 8.53 Å². The molecule has 0 bridgehead atoms. The molecule has 1 aromatic carbocycles. The highest BCUT2D eigenvalue weighted by Gasteiger charge is 2.55. The van der Waals surface area contributed by atoms with Gasteiger partial charge in [-0.3, -0.25) is 0 Å². The van der Waals surface area contributed by atoms with Crippen molar-refractivity contribution in [1.82, 2.24) is 5.09 Å². The van der Waals surface area contributed by atoms with Gasteiger partial charge in [-0.25, -0.2) is 5.09 Å². The molecule has 9 atom stereocenters. The minimum Gasteiger partial charge on any atom is -0.318 e. The van der Waals surface area contributed by atoms with Gasteiger partial charge in [0.1, 0.15) is 0 Å². The average molecular weight is 456 g/mol. The zero-order chi connectivity index (χ0) is 21.5. The Hall–Kier alpha value is -0.470. The molecule has 6 rings (SSSR count). The van der Waals surface area contributed by atoms with Gasteiger partial charge in [-0.2, -0.15) is 0 Å². The fraction of sp³-hybridized carbons (Fsp3) is 0.786. The van der Waals surface area contributed by atoms with Gasteiger partial charge in [0.2, 0.25) is 0 Å². The van der Waals surface area contributed by atoms with Crippen LogP contribution in [-0.4, -0.2) is 12.2 Å². The molecule has 9 unspecified atom stereocenters. The van der Waals surface area contributed by atoms with E-state index in [1.807, 2.05) is 0 Å².